The smallest absolute Gasteiger partial charge is 0.327 e. The number of nitrogens with zero attached hydrogens (tertiary/aromatic N) is 2. The van der Waals surface area contributed by atoms with Crippen LogP contribution in [0.1, 0.15) is 18.9 Å². The molecule has 0 saturated heterocycles. The second kappa shape index (κ2) is 6.73. The van der Waals surface area contributed by atoms with E-state index in [0.29, 0.717) is 5.16 Å². The maximum atomic E-state index is 11.3. The van der Waals surface area contributed by atoms with Gasteiger partial charge in [-0.15, -0.1) is 0 Å². The van der Waals surface area contributed by atoms with Gasteiger partial charge in [0.15, 0.2) is 5.16 Å². The molecule has 1 unspecified atom stereocenters. The number of hydrogen-bond donors (Lipinski definition) is 2. The molecule has 0 bridgehead atoms. The molecule has 112 valence electrons. The number of hydrogen-bond acceptors (Lipinski definition) is 5. The monoisotopic (exact) mass is 306 g/mol. The first kappa shape index (κ1) is 15.5. The van der Waals surface area contributed by atoms with E-state index in [1.165, 1.54) is 22.0 Å². The van der Waals surface area contributed by atoms with Crippen LogP contribution in [0.5, 0.6) is 0 Å². The third-order valence-electron chi connectivity index (χ3n) is 3.10. The second-order valence-corrected chi connectivity index (χ2v) is 5.86. The maximum Gasteiger partial charge on any atom is 0.339 e. The lowest BCUT2D eigenvalue weighted by atomic mass is 10.1. The molecular formula is C14H18N4O2S. The van der Waals surface area contributed by atoms with Gasteiger partial charge in [-0.05, 0) is 30.5 Å². The van der Waals surface area contributed by atoms with E-state index in [4.69, 9.17) is 5.73 Å². The van der Waals surface area contributed by atoms with Crippen molar-refractivity contribution in [3.8, 4) is 0 Å². The standard InChI is InChI=1S/C14H18N4O2S/c1-3-10(15)8-9-4-6-11(7-5-9)21-14-16-12(19)13(20)17-18(14)2/h4-7,10H,3,8,15H2,1-2H3,(H,17,20). The molecule has 2 rings (SSSR count). The van der Waals surface area contributed by atoms with Crippen molar-refractivity contribution in [3.05, 3.63) is 50.5 Å². The lowest BCUT2D eigenvalue weighted by Crippen LogP contribution is -2.33. The number of aromatic nitrogens is 3. The number of rotatable bonds is 5. The fourth-order valence-electron chi connectivity index (χ4n) is 1.80. The highest BCUT2D eigenvalue weighted by atomic mass is 32.2. The van der Waals surface area contributed by atoms with Crippen molar-refractivity contribution < 1.29 is 0 Å². The fourth-order valence-corrected chi connectivity index (χ4v) is 2.59. The van der Waals surface area contributed by atoms with Crippen molar-refractivity contribution in [2.24, 2.45) is 12.8 Å². The summed E-state index contributed by atoms with van der Waals surface area (Å²) in [5, 5.41) is 2.86. The van der Waals surface area contributed by atoms with Crippen molar-refractivity contribution in [1.29, 1.82) is 0 Å². The van der Waals surface area contributed by atoms with Gasteiger partial charge in [-0.2, -0.15) is 4.98 Å². The van der Waals surface area contributed by atoms with E-state index in [1.807, 2.05) is 24.3 Å². The number of nitrogens with two attached hydrogens (primary N) is 1. The predicted molar refractivity (Wildman–Crippen MR) is 82.6 cm³/mol. The molecule has 0 aliphatic heterocycles. The lowest BCUT2D eigenvalue weighted by molar-refractivity contribution is 0.596. The lowest BCUT2D eigenvalue weighted by Gasteiger charge is -2.09. The molecule has 1 heterocycles. The molecule has 2 aromatic rings. The molecule has 21 heavy (non-hydrogen) atoms. The first-order chi connectivity index (χ1) is 9.99. The van der Waals surface area contributed by atoms with Crippen LogP contribution in [0.3, 0.4) is 0 Å². The molecule has 0 fully saturated rings. The molecule has 0 saturated carbocycles. The quantitative estimate of drug-likeness (QED) is 0.800. The summed E-state index contributed by atoms with van der Waals surface area (Å²) in [6.07, 6.45) is 1.79. The molecule has 1 aromatic heterocycles. The van der Waals surface area contributed by atoms with Gasteiger partial charge in [-0.1, -0.05) is 30.8 Å². The summed E-state index contributed by atoms with van der Waals surface area (Å²) in [6.45, 7) is 2.07. The molecule has 6 nitrogen and oxygen atoms in total. The molecule has 1 atom stereocenters. The van der Waals surface area contributed by atoms with Crippen molar-refractivity contribution in [2.75, 3.05) is 0 Å². The molecule has 1 aromatic carbocycles. The van der Waals surface area contributed by atoms with E-state index < -0.39 is 11.1 Å². The van der Waals surface area contributed by atoms with E-state index >= 15 is 0 Å². The molecule has 0 amide bonds. The Kier molecular flexibility index (Phi) is 4.98. The van der Waals surface area contributed by atoms with E-state index in [1.54, 1.807) is 7.05 Å². The van der Waals surface area contributed by atoms with Gasteiger partial charge >= 0.3 is 11.1 Å². The van der Waals surface area contributed by atoms with Crippen LogP contribution in [-0.4, -0.2) is 20.8 Å². The second-order valence-electron chi connectivity index (χ2n) is 4.82. The van der Waals surface area contributed by atoms with Gasteiger partial charge in [0.2, 0.25) is 0 Å². The van der Waals surface area contributed by atoms with Crippen LogP contribution in [0.4, 0.5) is 0 Å². The zero-order valence-electron chi connectivity index (χ0n) is 12.0. The molecular weight excluding hydrogens is 288 g/mol. The highest BCUT2D eigenvalue weighted by molar-refractivity contribution is 7.99. The van der Waals surface area contributed by atoms with Gasteiger partial charge in [0.25, 0.3) is 0 Å². The van der Waals surface area contributed by atoms with Gasteiger partial charge in [0.1, 0.15) is 0 Å². The van der Waals surface area contributed by atoms with Crippen LogP contribution in [0.15, 0.2) is 43.9 Å². The van der Waals surface area contributed by atoms with E-state index in [-0.39, 0.29) is 6.04 Å². The Morgan fingerprint density at radius 1 is 1.33 bits per heavy atom. The van der Waals surface area contributed by atoms with Gasteiger partial charge in [-0.3, -0.25) is 19.4 Å². The Labute approximate surface area is 126 Å². The first-order valence-electron chi connectivity index (χ1n) is 6.69. The zero-order chi connectivity index (χ0) is 15.4. The van der Waals surface area contributed by atoms with Crippen molar-refractivity contribution in [1.82, 2.24) is 14.8 Å². The average Bonchev–Trinajstić information content (AvgIpc) is 2.46. The van der Waals surface area contributed by atoms with Crippen LogP contribution < -0.4 is 16.9 Å². The number of nitrogens with one attached hydrogen (secondary N) is 1. The SMILES string of the molecule is CCC(N)Cc1ccc(Sc2nc(=O)c(=O)[nH]n2C)cc1. The first-order valence-corrected chi connectivity index (χ1v) is 7.51. The van der Waals surface area contributed by atoms with Crippen LogP contribution in [-0.2, 0) is 13.5 Å². The highest BCUT2D eigenvalue weighted by Gasteiger charge is 2.07. The Bertz CT molecular complexity index is 721. The highest BCUT2D eigenvalue weighted by Crippen LogP contribution is 2.24. The van der Waals surface area contributed by atoms with Gasteiger partial charge in [-0.25, -0.2) is 0 Å². The summed E-state index contributed by atoms with van der Waals surface area (Å²) >= 11 is 1.32. The third-order valence-corrected chi connectivity index (χ3v) is 4.16. The summed E-state index contributed by atoms with van der Waals surface area (Å²) in [7, 11) is 1.64. The minimum atomic E-state index is -0.777. The van der Waals surface area contributed by atoms with Crippen LogP contribution in [0.2, 0.25) is 0 Å². The molecule has 0 aliphatic carbocycles. The van der Waals surface area contributed by atoms with Crippen molar-refractivity contribution >= 4 is 11.8 Å². The predicted octanol–water partition coefficient (Wildman–Crippen LogP) is 0.900. The Hall–Kier alpha value is -1.86. The fraction of sp³-hybridized carbons (Fsp3) is 0.357. The molecule has 7 heteroatoms. The summed E-state index contributed by atoms with van der Waals surface area (Å²) in [5.41, 5.74) is 5.61. The summed E-state index contributed by atoms with van der Waals surface area (Å²) in [5.74, 6) is 0. The maximum absolute atomic E-state index is 11.3. The van der Waals surface area contributed by atoms with E-state index in [0.717, 1.165) is 17.7 Å². The zero-order valence-corrected chi connectivity index (χ0v) is 12.8. The minimum Gasteiger partial charge on any atom is -0.327 e. The summed E-state index contributed by atoms with van der Waals surface area (Å²) < 4.78 is 1.44. The molecule has 0 radical (unpaired) electrons. The van der Waals surface area contributed by atoms with Crippen LogP contribution in [0, 0.1) is 0 Å². The molecule has 0 aliphatic rings. The van der Waals surface area contributed by atoms with Gasteiger partial charge < -0.3 is 5.73 Å². The molecule has 3 N–H and O–H groups in total. The largest absolute Gasteiger partial charge is 0.339 e. The minimum absolute atomic E-state index is 0.171. The summed E-state index contributed by atoms with van der Waals surface area (Å²) in [6, 6.07) is 8.12. The Balaban J connectivity index is 2.15. The van der Waals surface area contributed by atoms with Crippen LogP contribution in [0.25, 0.3) is 0 Å². The van der Waals surface area contributed by atoms with Gasteiger partial charge in [0, 0.05) is 18.0 Å². The normalized spacial score (nSPS) is 12.3. The van der Waals surface area contributed by atoms with E-state index in [2.05, 4.69) is 17.0 Å². The topological polar surface area (TPSA) is 93.8 Å². The number of aromatic amines is 1. The van der Waals surface area contributed by atoms with Crippen molar-refractivity contribution in [2.45, 2.75) is 35.9 Å². The van der Waals surface area contributed by atoms with E-state index in [9.17, 15) is 9.59 Å². The Morgan fingerprint density at radius 3 is 2.62 bits per heavy atom. The van der Waals surface area contributed by atoms with Crippen LogP contribution >= 0.6 is 11.8 Å². The number of benzene rings is 1. The average molecular weight is 306 g/mol. The van der Waals surface area contributed by atoms with Gasteiger partial charge in [0.05, 0.1) is 0 Å². The number of H-pyrrole nitrogens is 1. The summed E-state index contributed by atoms with van der Waals surface area (Å²) in [4.78, 5) is 27.1. The third kappa shape index (κ3) is 4.05. The molecule has 0 spiro atoms. The Morgan fingerprint density at radius 2 is 2.00 bits per heavy atom. The van der Waals surface area contributed by atoms with Crippen molar-refractivity contribution in [3.63, 3.8) is 0 Å². The number of aryl methyl sites for hydroxylation is 1.